The maximum absolute atomic E-state index is 5.90. The van der Waals surface area contributed by atoms with Crippen molar-refractivity contribution in [1.82, 2.24) is 34.7 Å². The first-order chi connectivity index (χ1) is 11.7. The van der Waals surface area contributed by atoms with Crippen LogP contribution in [0.1, 0.15) is 37.6 Å². The average molecular weight is 335 g/mol. The molecule has 132 valence electrons. The summed E-state index contributed by atoms with van der Waals surface area (Å²) >= 11 is 0. The molecule has 0 saturated carbocycles. The minimum atomic E-state index is -0.131. The van der Waals surface area contributed by atoms with E-state index >= 15 is 0 Å². The monoisotopic (exact) mass is 335 g/mol. The third-order valence-electron chi connectivity index (χ3n) is 4.18. The number of imidazole rings is 1. The first kappa shape index (κ1) is 17.0. The Morgan fingerprint density at radius 3 is 3.08 bits per heavy atom. The molecular formula is C15H25N7O2. The van der Waals surface area contributed by atoms with Crippen molar-refractivity contribution in [3.8, 4) is 0 Å². The predicted molar refractivity (Wildman–Crippen MR) is 86.3 cm³/mol. The van der Waals surface area contributed by atoms with Crippen LogP contribution in [-0.2, 0) is 22.6 Å². The molecule has 0 amide bonds. The van der Waals surface area contributed by atoms with E-state index in [9.17, 15) is 0 Å². The maximum atomic E-state index is 5.90. The van der Waals surface area contributed by atoms with E-state index in [0.29, 0.717) is 25.8 Å². The summed E-state index contributed by atoms with van der Waals surface area (Å²) in [5.74, 6) is 1.83. The summed E-state index contributed by atoms with van der Waals surface area (Å²) in [5.41, 5.74) is 0. The Bertz CT molecular complexity index is 639. The fourth-order valence-corrected chi connectivity index (χ4v) is 2.92. The van der Waals surface area contributed by atoms with E-state index in [0.717, 1.165) is 31.3 Å². The van der Waals surface area contributed by atoms with Crippen LogP contribution in [-0.4, -0.2) is 68.1 Å². The minimum Gasteiger partial charge on any atom is -0.383 e. The molecule has 24 heavy (non-hydrogen) atoms. The van der Waals surface area contributed by atoms with Gasteiger partial charge in [-0.3, -0.25) is 4.90 Å². The number of tetrazole rings is 1. The van der Waals surface area contributed by atoms with Gasteiger partial charge in [-0.2, -0.15) is 0 Å². The third-order valence-corrected chi connectivity index (χ3v) is 4.18. The molecule has 1 saturated heterocycles. The van der Waals surface area contributed by atoms with Gasteiger partial charge in [0.25, 0.3) is 0 Å². The Morgan fingerprint density at radius 2 is 2.29 bits per heavy atom. The molecule has 0 aliphatic carbocycles. The van der Waals surface area contributed by atoms with Gasteiger partial charge in [0.1, 0.15) is 11.9 Å². The third kappa shape index (κ3) is 3.80. The molecule has 1 fully saturated rings. The molecule has 9 heteroatoms. The van der Waals surface area contributed by atoms with Crippen LogP contribution in [0.2, 0.25) is 0 Å². The highest BCUT2D eigenvalue weighted by Crippen LogP contribution is 2.21. The van der Waals surface area contributed by atoms with Gasteiger partial charge in [0.05, 0.1) is 26.3 Å². The molecule has 1 atom stereocenters. The van der Waals surface area contributed by atoms with Gasteiger partial charge in [0.15, 0.2) is 5.82 Å². The summed E-state index contributed by atoms with van der Waals surface area (Å²) in [4.78, 5) is 6.83. The summed E-state index contributed by atoms with van der Waals surface area (Å²) in [6.07, 6.45) is 3.76. The number of methoxy groups -OCH3 is 1. The van der Waals surface area contributed by atoms with E-state index in [4.69, 9.17) is 9.47 Å². The highest BCUT2D eigenvalue weighted by atomic mass is 16.5. The van der Waals surface area contributed by atoms with Crippen LogP contribution in [0.4, 0.5) is 0 Å². The van der Waals surface area contributed by atoms with Crippen molar-refractivity contribution in [2.45, 2.75) is 39.1 Å². The van der Waals surface area contributed by atoms with Gasteiger partial charge in [-0.05, 0) is 24.3 Å². The quantitative estimate of drug-likeness (QED) is 0.735. The van der Waals surface area contributed by atoms with Crippen molar-refractivity contribution in [3.05, 3.63) is 24.0 Å². The normalized spacial score (nSPS) is 19.2. The Balaban J connectivity index is 1.66. The Morgan fingerprint density at radius 1 is 1.42 bits per heavy atom. The summed E-state index contributed by atoms with van der Waals surface area (Å²) in [5, 5.41) is 12.0. The smallest absolute Gasteiger partial charge is 0.181 e. The number of hydrogen-bond donors (Lipinski definition) is 0. The summed E-state index contributed by atoms with van der Waals surface area (Å²) in [6.45, 7) is 8.60. The van der Waals surface area contributed by atoms with Crippen molar-refractivity contribution in [2.24, 2.45) is 0 Å². The number of hydrogen-bond acceptors (Lipinski definition) is 7. The zero-order valence-electron chi connectivity index (χ0n) is 14.5. The maximum Gasteiger partial charge on any atom is 0.181 e. The second kappa shape index (κ2) is 7.82. The Kier molecular flexibility index (Phi) is 5.54. The van der Waals surface area contributed by atoms with Crippen LogP contribution in [0.5, 0.6) is 0 Å². The van der Waals surface area contributed by atoms with Crippen molar-refractivity contribution < 1.29 is 9.47 Å². The number of nitrogens with zero attached hydrogens (tertiary/aromatic N) is 7. The van der Waals surface area contributed by atoms with Gasteiger partial charge in [-0.1, -0.05) is 0 Å². The first-order valence-corrected chi connectivity index (χ1v) is 8.29. The number of morpholine rings is 1. The Labute approximate surface area is 141 Å². The zero-order chi connectivity index (χ0) is 16.9. The van der Waals surface area contributed by atoms with E-state index in [1.165, 1.54) is 0 Å². The van der Waals surface area contributed by atoms with E-state index in [1.54, 1.807) is 11.8 Å². The number of rotatable bonds is 7. The van der Waals surface area contributed by atoms with Gasteiger partial charge in [0.2, 0.25) is 0 Å². The van der Waals surface area contributed by atoms with E-state index in [1.807, 2.05) is 12.4 Å². The average Bonchev–Trinajstić information content (AvgIpc) is 3.22. The van der Waals surface area contributed by atoms with Crippen LogP contribution in [0, 0.1) is 0 Å². The van der Waals surface area contributed by atoms with E-state index in [-0.39, 0.29) is 6.10 Å². The lowest BCUT2D eigenvalue weighted by Gasteiger charge is -2.32. The zero-order valence-corrected chi connectivity index (χ0v) is 14.5. The highest BCUT2D eigenvalue weighted by Gasteiger charge is 2.27. The molecule has 3 heterocycles. The van der Waals surface area contributed by atoms with Gasteiger partial charge in [0, 0.05) is 38.6 Å². The topological polar surface area (TPSA) is 83.1 Å². The van der Waals surface area contributed by atoms with Gasteiger partial charge < -0.3 is 14.0 Å². The molecule has 0 spiro atoms. The molecule has 2 aromatic heterocycles. The van der Waals surface area contributed by atoms with Gasteiger partial charge in [-0.25, -0.2) is 9.67 Å². The minimum absolute atomic E-state index is 0.131. The fraction of sp³-hybridized carbons (Fsp3) is 0.733. The Hall–Kier alpha value is -1.84. The largest absolute Gasteiger partial charge is 0.383 e. The van der Waals surface area contributed by atoms with Crippen LogP contribution >= 0.6 is 0 Å². The predicted octanol–water partition coefficient (Wildman–Crippen LogP) is 0.670. The molecular weight excluding hydrogens is 310 g/mol. The van der Waals surface area contributed by atoms with Crippen LogP contribution in [0.3, 0.4) is 0 Å². The molecule has 0 radical (unpaired) electrons. The second-order valence-corrected chi connectivity index (χ2v) is 6.19. The molecule has 1 aliphatic rings. The van der Waals surface area contributed by atoms with E-state index in [2.05, 4.69) is 43.8 Å². The van der Waals surface area contributed by atoms with Crippen molar-refractivity contribution in [2.75, 3.05) is 33.4 Å². The van der Waals surface area contributed by atoms with Gasteiger partial charge >= 0.3 is 0 Å². The molecule has 3 rings (SSSR count). The first-order valence-electron chi connectivity index (χ1n) is 8.29. The van der Waals surface area contributed by atoms with Crippen LogP contribution < -0.4 is 0 Å². The van der Waals surface area contributed by atoms with Gasteiger partial charge in [-0.15, -0.1) is 5.10 Å². The molecule has 9 nitrogen and oxygen atoms in total. The molecule has 0 bridgehead atoms. The van der Waals surface area contributed by atoms with Crippen LogP contribution in [0.25, 0.3) is 0 Å². The molecule has 2 aromatic rings. The van der Waals surface area contributed by atoms with Crippen LogP contribution in [0.15, 0.2) is 12.4 Å². The fourth-order valence-electron chi connectivity index (χ4n) is 2.92. The summed E-state index contributed by atoms with van der Waals surface area (Å²) in [6, 6.07) is 0.403. The van der Waals surface area contributed by atoms with Crippen molar-refractivity contribution >= 4 is 0 Å². The highest BCUT2D eigenvalue weighted by molar-refractivity contribution is 4.97. The summed E-state index contributed by atoms with van der Waals surface area (Å²) < 4.78 is 15.0. The molecule has 0 aromatic carbocycles. The lowest BCUT2D eigenvalue weighted by atomic mass is 10.2. The summed E-state index contributed by atoms with van der Waals surface area (Å²) in [7, 11) is 1.67. The lowest BCUT2D eigenvalue weighted by molar-refractivity contribution is -0.0407. The van der Waals surface area contributed by atoms with E-state index < -0.39 is 0 Å². The van der Waals surface area contributed by atoms with Crippen molar-refractivity contribution in [1.29, 1.82) is 0 Å². The molecule has 0 N–H and O–H groups in total. The molecule has 0 unspecified atom stereocenters. The number of aromatic nitrogens is 6. The lowest BCUT2D eigenvalue weighted by Crippen LogP contribution is -2.39. The standard InChI is InChI=1S/C15H25N7O2/c1-12(2)21-5-4-16-14(21)11-20-6-9-24-13(10-20)15-17-18-19-22(15)7-8-23-3/h4-5,12-13H,6-11H2,1-3H3/t13-/m1/s1. The molecule has 1 aliphatic heterocycles. The van der Waals surface area contributed by atoms with Crippen molar-refractivity contribution in [3.63, 3.8) is 0 Å². The number of ether oxygens (including phenoxy) is 2. The SMILES string of the molecule is COCCn1nnnc1[C@H]1CN(Cc2nccn2C(C)C)CCO1. The second-order valence-electron chi connectivity index (χ2n) is 6.19.